The summed E-state index contributed by atoms with van der Waals surface area (Å²) in [6.07, 6.45) is 0.901. The number of anilines is 2. The van der Waals surface area contributed by atoms with E-state index in [4.69, 9.17) is 4.74 Å². The first-order valence-electron chi connectivity index (χ1n) is 9.16. The quantitative estimate of drug-likeness (QED) is 0.613. The number of ether oxygens (including phenoxy) is 1. The van der Waals surface area contributed by atoms with Crippen LogP contribution < -0.4 is 15.4 Å². The van der Waals surface area contributed by atoms with Crippen LogP contribution in [0.4, 0.5) is 11.4 Å². The van der Waals surface area contributed by atoms with Crippen molar-refractivity contribution in [1.29, 1.82) is 0 Å². The second-order valence-corrected chi connectivity index (χ2v) is 6.23. The lowest BCUT2D eigenvalue weighted by Crippen LogP contribution is -2.14. The Labute approximate surface area is 164 Å². The Hall–Kier alpha value is -3.60. The van der Waals surface area contributed by atoms with E-state index in [-0.39, 0.29) is 11.8 Å². The molecule has 3 aromatic carbocycles. The molecule has 3 rings (SSSR count). The van der Waals surface area contributed by atoms with Crippen LogP contribution in [0.5, 0.6) is 5.75 Å². The Morgan fingerprint density at radius 3 is 2.04 bits per heavy atom. The minimum Gasteiger partial charge on any atom is -0.494 e. The van der Waals surface area contributed by atoms with Crippen molar-refractivity contribution >= 4 is 23.2 Å². The van der Waals surface area contributed by atoms with Gasteiger partial charge in [0.15, 0.2) is 0 Å². The van der Waals surface area contributed by atoms with Gasteiger partial charge in [0.1, 0.15) is 5.75 Å². The zero-order valence-electron chi connectivity index (χ0n) is 15.6. The molecule has 0 spiro atoms. The molecule has 0 fully saturated rings. The molecule has 3 aromatic rings. The molecule has 0 bridgehead atoms. The number of amides is 2. The average molecular weight is 374 g/mol. The van der Waals surface area contributed by atoms with Gasteiger partial charge < -0.3 is 15.4 Å². The molecule has 28 heavy (non-hydrogen) atoms. The van der Waals surface area contributed by atoms with E-state index in [1.54, 1.807) is 54.6 Å². The molecule has 0 radical (unpaired) electrons. The van der Waals surface area contributed by atoms with Gasteiger partial charge in [-0.2, -0.15) is 0 Å². The van der Waals surface area contributed by atoms with Gasteiger partial charge in [-0.1, -0.05) is 37.3 Å². The van der Waals surface area contributed by atoms with Crippen molar-refractivity contribution in [3.05, 3.63) is 90.0 Å². The molecule has 0 aliphatic rings. The van der Waals surface area contributed by atoms with Crippen molar-refractivity contribution in [2.45, 2.75) is 13.3 Å². The topological polar surface area (TPSA) is 67.4 Å². The van der Waals surface area contributed by atoms with Crippen molar-refractivity contribution in [1.82, 2.24) is 0 Å². The molecular formula is C23H22N2O3. The Bertz CT molecular complexity index is 955. The molecule has 0 unspecified atom stereocenters. The molecule has 142 valence electrons. The van der Waals surface area contributed by atoms with E-state index < -0.39 is 0 Å². The first kappa shape index (κ1) is 19.2. The Morgan fingerprint density at radius 1 is 0.750 bits per heavy atom. The number of hydrogen-bond acceptors (Lipinski definition) is 3. The van der Waals surface area contributed by atoms with Crippen molar-refractivity contribution in [3.63, 3.8) is 0 Å². The minimum absolute atomic E-state index is 0.204. The molecule has 0 heterocycles. The van der Waals surface area contributed by atoms with Gasteiger partial charge in [-0.05, 0) is 55.0 Å². The number of hydrogen-bond donors (Lipinski definition) is 2. The predicted octanol–water partition coefficient (Wildman–Crippen LogP) is 4.98. The largest absolute Gasteiger partial charge is 0.494 e. The van der Waals surface area contributed by atoms with Gasteiger partial charge in [-0.25, -0.2) is 0 Å². The van der Waals surface area contributed by atoms with E-state index in [1.807, 2.05) is 31.2 Å². The van der Waals surface area contributed by atoms with Crippen molar-refractivity contribution in [3.8, 4) is 5.75 Å². The van der Waals surface area contributed by atoms with E-state index in [0.29, 0.717) is 34.9 Å². The molecule has 0 saturated carbocycles. The third kappa shape index (κ3) is 5.20. The molecule has 0 aromatic heterocycles. The summed E-state index contributed by atoms with van der Waals surface area (Å²) in [7, 11) is 0. The third-order valence-corrected chi connectivity index (χ3v) is 3.98. The summed E-state index contributed by atoms with van der Waals surface area (Å²) >= 11 is 0. The normalized spacial score (nSPS) is 10.2. The second-order valence-electron chi connectivity index (χ2n) is 6.23. The van der Waals surface area contributed by atoms with Crippen LogP contribution in [0.3, 0.4) is 0 Å². The standard InChI is InChI=1S/C23H22N2O3/c1-2-14-28-21-13-6-10-18(15-21)23(27)25-20-12-7-11-19(16-20)24-22(26)17-8-4-3-5-9-17/h3-13,15-16H,2,14H2,1H3,(H,24,26)(H,25,27). The summed E-state index contributed by atoms with van der Waals surface area (Å²) in [6.45, 7) is 2.63. The molecule has 0 aliphatic heterocycles. The SMILES string of the molecule is CCCOc1cccc(C(=O)Nc2cccc(NC(=O)c3ccccc3)c2)c1. The summed E-state index contributed by atoms with van der Waals surface area (Å²) in [5.41, 5.74) is 2.27. The fourth-order valence-electron chi connectivity index (χ4n) is 2.62. The molecule has 0 atom stereocenters. The fraction of sp³-hybridized carbons (Fsp3) is 0.130. The Kier molecular flexibility index (Phi) is 6.41. The van der Waals surface area contributed by atoms with E-state index in [9.17, 15) is 9.59 Å². The van der Waals surface area contributed by atoms with Crippen molar-refractivity contribution in [2.75, 3.05) is 17.2 Å². The first-order chi connectivity index (χ1) is 13.7. The van der Waals surface area contributed by atoms with Gasteiger partial charge in [0.25, 0.3) is 11.8 Å². The van der Waals surface area contributed by atoms with Crippen LogP contribution in [0.15, 0.2) is 78.9 Å². The summed E-state index contributed by atoms with van der Waals surface area (Å²) in [5, 5.41) is 5.68. The van der Waals surface area contributed by atoms with Crippen molar-refractivity contribution in [2.24, 2.45) is 0 Å². The number of nitrogens with one attached hydrogen (secondary N) is 2. The molecule has 2 amide bonds. The minimum atomic E-state index is -0.242. The lowest BCUT2D eigenvalue weighted by Gasteiger charge is -2.10. The van der Waals surface area contributed by atoms with E-state index in [0.717, 1.165) is 6.42 Å². The van der Waals surface area contributed by atoms with Gasteiger partial charge in [-0.3, -0.25) is 9.59 Å². The van der Waals surface area contributed by atoms with Crippen LogP contribution in [0.2, 0.25) is 0 Å². The smallest absolute Gasteiger partial charge is 0.255 e. The van der Waals surface area contributed by atoms with Gasteiger partial charge in [0.2, 0.25) is 0 Å². The maximum Gasteiger partial charge on any atom is 0.255 e. The maximum absolute atomic E-state index is 12.5. The van der Waals surface area contributed by atoms with Crippen LogP contribution in [-0.2, 0) is 0 Å². The Balaban J connectivity index is 1.67. The fourth-order valence-corrected chi connectivity index (χ4v) is 2.62. The van der Waals surface area contributed by atoms with E-state index >= 15 is 0 Å². The molecule has 0 saturated heterocycles. The highest BCUT2D eigenvalue weighted by molar-refractivity contribution is 6.06. The highest BCUT2D eigenvalue weighted by Gasteiger charge is 2.09. The Morgan fingerprint density at radius 2 is 1.36 bits per heavy atom. The lowest BCUT2D eigenvalue weighted by molar-refractivity contribution is 0.101. The molecule has 5 heteroatoms. The van der Waals surface area contributed by atoms with Gasteiger partial charge >= 0.3 is 0 Å². The molecular weight excluding hydrogens is 352 g/mol. The maximum atomic E-state index is 12.5. The zero-order valence-corrected chi connectivity index (χ0v) is 15.6. The van der Waals surface area contributed by atoms with E-state index in [2.05, 4.69) is 10.6 Å². The number of benzene rings is 3. The summed E-state index contributed by atoms with van der Waals surface area (Å²) in [5.74, 6) is 0.219. The van der Waals surface area contributed by atoms with Gasteiger partial charge in [-0.15, -0.1) is 0 Å². The van der Waals surface area contributed by atoms with Crippen LogP contribution in [0.1, 0.15) is 34.1 Å². The average Bonchev–Trinajstić information content (AvgIpc) is 2.73. The van der Waals surface area contributed by atoms with Crippen LogP contribution in [0.25, 0.3) is 0 Å². The van der Waals surface area contributed by atoms with Crippen LogP contribution in [0, 0.1) is 0 Å². The van der Waals surface area contributed by atoms with Crippen LogP contribution in [-0.4, -0.2) is 18.4 Å². The zero-order chi connectivity index (χ0) is 19.8. The first-order valence-corrected chi connectivity index (χ1v) is 9.16. The highest BCUT2D eigenvalue weighted by Crippen LogP contribution is 2.19. The summed E-state index contributed by atoms with van der Waals surface area (Å²) in [6, 6.07) is 23.1. The van der Waals surface area contributed by atoms with Crippen LogP contribution >= 0.6 is 0 Å². The highest BCUT2D eigenvalue weighted by atomic mass is 16.5. The summed E-state index contributed by atoms with van der Waals surface area (Å²) < 4.78 is 5.57. The monoisotopic (exact) mass is 374 g/mol. The summed E-state index contributed by atoms with van der Waals surface area (Å²) in [4.78, 5) is 24.8. The molecule has 0 aliphatic carbocycles. The van der Waals surface area contributed by atoms with Crippen molar-refractivity contribution < 1.29 is 14.3 Å². The van der Waals surface area contributed by atoms with Gasteiger partial charge in [0, 0.05) is 22.5 Å². The number of carbonyl (C=O) groups excluding carboxylic acids is 2. The van der Waals surface area contributed by atoms with Gasteiger partial charge in [0.05, 0.1) is 6.61 Å². The third-order valence-electron chi connectivity index (χ3n) is 3.98. The van der Waals surface area contributed by atoms with E-state index in [1.165, 1.54) is 0 Å². The molecule has 2 N–H and O–H groups in total. The lowest BCUT2D eigenvalue weighted by atomic mass is 10.2. The second kappa shape index (κ2) is 9.37. The molecule has 5 nitrogen and oxygen atoms in total. The number of carbonyl (C=O) groups is 2. The predicted molar refractivity (Wildman–Crippen MR) is 111 cm³/mol. The number of rotatable bonds is 7.